The summed E-state index contributed by atoms with van der Waals surface area (Å²) in [6.45, 7) is 13.9. The summed E-state index contributed by atoms with van der Waals surface area (Å²) in [5.74, 6) is 0.893. The zero-order valence-electron chi connectivity index (χ0n) is 38.9. The van der Waals surface area contributed by atoms with E-state index in [0.29, 0.717) is 0 Å². The number of para-hydroxylation sites is 2. The lowest BCUT2D eigenvalue weighted by Gasteiger charge is -2.33. The van der Waals surface area contributed by atoms with Crippen molar-refractivity contribution in [1.29, 1.82) is 0 Å². The Bertz CT molecular complexity index is 3630. The van der Waals surface area contributed by atoms with Crippen molar-refractivity contribution in [3.63, 3.8) is 0 Å². The average Bonchev–Trinajstić information content (AvgIpc) is 4.03. The highest BCUT2D eigenvalue weighted by Gasteiger charge is 2.47. The number of benzene rings is 8. The first-order chi connectivity index (χ1) is 32.5. The van der Waals surface area contributed by atoms with Crippen LogP contribution in [0.3, 0.4) is 0 Å². The van der Waals surface area contributed by atoms with Crippen LogP contribution in [0, 0.1) is 0 Å². The van der Waals surface area contributed by atoms with E-state index in [4.69, 9.17) is 9.97 Å². The van der Waals surface area contributed by atoms with E-state index in [2.05, 4.69) is 239 Å². The third-order valence-corrected chi connectivity index (χ3v) is 14.2. The van der Waals surface area contributed by atoms with Crippen LogP contribution in [0.1, 0.15) is 75.1 Å². The van der Waals surface area contributed by atoms with Crippen molar-refractivity contribution in [2.24, 2.45) is 0 Å². The highest BCUT2D eigenvalue weighted by atomic mass is 15.1. The quantitative estimate of drug-likeness (QED) is 0.181. The Labute approximate surface area is 392 Å². The van der Waals surface area contributed by atoms with Crippen LogP contribution in [0.2, 0.25) is 0 Å². The van der Waals surface area contributed by atoms with E-state index in [1.807, 2.05) is 12.3 Å². The standard InChI is InChI=1S/C63H52N4/c1-61(2,3)43-37-44(62(4,5)6)39-45(38-43)67-55-31-19-27-47(58(55)66-60(67)51-34-33-46(40-20-8-7-9-21-40)57-50-26-12-15-30-54(50)65-59(51)57)41-22-18-23-42(36-41)63(56-32-16-17-35-64-56)52-28-13-10-24-48(52)49-25-11-14-29-53(49)63/h7-39,65H,1-6H3. The average molecular weight is 865 g/mol. The van der Waals surface area contributed by atoms with Crippen molar-refractivity contribution in [3.8, 4) is 50.5 Å². The van der Waals surface area contributed by atoms with E-state index in [9.17, 15) is 0 Å². The third-order valence-electron chi connectivity index (χ3n) is 14.2. The zero-order chi connectivity index (χ0) is 45.7. The largest absolute Gasteiger partial charge is 0.354 e. The van der Waals surface area contributed by atoms with Crippen LogP contribution in [0.25, 0.3) is 83.3 Å². The van der Waals surface area contributed by atoms with Crippen molar-refractivity contribution in [1.82, 2.24) is 19.5 Å². The van der Waals surface area contributed by atoms with Gasteiger partial charge >= 0.3 is 0 Å². The Balaban J connectivity index is 1.15. The molecule has 1 aliphatic rings. The molecular weight excluding hydrogens is 813 g/mol. The molecule has 0 bridgehead atoms. The molecule has 324 valence electrons. The SMILES string of the molecule is CC(C)(C)c1cc(-n2c(-c3ccc(-c4ccccc4)c4c3[nH]c3ccccc34)nc3c(-c4cccc(C5(c6ccccn6)c6ccccc6-c6ccccc65)c4)cccc32)cc(C(C)(C)C)c1. The Hall–Kier alpha value is -7.82. The van der Waals surface area contributed by atoms with Gasteiger partial charge in [-0.2, -0.15) is 0 Å². The molecule has 0 atom stereocenters. The molecule has 3 aromatic heterocycles. The number of imidazole rings is 1. The molecule has 4 nitrogen and oxygen atoms in total. The fourth-order valence-corrected chi connectivity index (χ4v) is 10.9. The summed E-state index contributed by atoms with van der Waals surface area (Å²) in [6, 6.07) is 71.0. The summed E-state index contributed by atoms with van der Waals surface area (Å²) in [7, 11) is 0. The summed E-state index contributed by atoms with van der Waals surface area (Å²) in [5.41, 5.74) is 19.8. The minimum Gasteiger partial charge on any atom is -0.354 e. The maximum Gasteiger partial charge on any atom is 0.147 e. The molecule has 0 aliphatic heterocycles. The third kappa shape index (κ3) is 6.34. The van der Waals surface area contributed by atoms with Crippen LogP contribution in [0.15, 0.2) is 200 Å². The summed E-state index contributed by atoms with van der Waals surface area (Å²) in [6.07, 6.45) is 1.93. The first kappa shape index (κ1) is 40.7. The highest BCUT2D eigenvalue weighted by Crippen LogP contribution is 2.56. The van der Waals surface area contributed by atoms with Crippen molar-refractivity contribution in [2.45, 2.75) is 57.8 Å². The number of H-pyrrole nitrogens is 1. The van der Waals surface area contributed by atoms with Gasteiger partial charge in [0.05, 0.1) is 27.7 Å². The second kappa shape index (κ2) is 15.1. The van der Waals surface area contributed by atoms with E-state index in [-0.39, 0.29) is 10.8 Å². The molecule has 0 spiro atoms. The van der Waals surface area contributed by atoms with Gasteiger partial charge in [-0.15, -0.1) is 0 Å². The van der Waals surface area contributed by atoms with Gasteiger partial charge < -0.3 is 4.98 Å². The highest BCUT2D eigenvalue weighted by molar-refractivity contribution is 6.18. The van der Waals surface area contributed by atoms with Gasteiger partial charge in [0.15, 0.2) is 0 Å². The Kier molecular flexibility index (Phi) is 9.18. The zero-order valence-corrected chi connectivity index (χ0v) is 38.9. The van der Waals surface area contributed by atoms with E-state index < -0.39 is 5.41 Å². The Morgan fingerprint density at radius 1 is 0.493 bits per heavy atom. The van der Waals surface area contributed by atoms with Crippen molar-refractivity contribution < 1.29 is 0 Å². The maximum atomic E-state index is 5.85. The Morgan fingerprint density at radius 2 is 1.10 bits per heavy atom. The maximum absolute atomic E-state index is 5.85. The number of rotatable bonds is 6. The summed E-state index contributed by atoms with van der Waals surface area (Å²) in [5, 5.41) is 2.39. The van der Waals surface area contributed by atoms with Crippen molar-refractivity contribution in [3.05, 3.63) is 234 Å². The number of nitrogens with zero attached hydrogens (tertiary/aromatic N) is 3. The molecule has 0 radical (unpaired) electrons. The van der Waals surface area contributed by atoms with Crippen LogP contribution < -0.4 is 0 Å². The molecule has 11 aromatic rings. The second-order valence-corrected chi connectivity index (χ2v) is 20.3. The molecule has 12 rings (SSSR count). The van der Waals surface area contributed by atoms with E-state index >= 15 is 0 Å². The Morgan fingerprint density at radius 3 is 1.81 bits per heavy atom. The predicted molar refractivity (Wildman–Crippen MR) is 279 cm³/mol. The molecule has 0 amide bonds. The minimum atomic E-state index is -0.624. The van der Waals surface area contributed by atoms with Crippen LogP contribution in [-0.4, -0.2) is 19.5 Å². The van der Waals surface area contributed by atoms with Crippen LogP contribution in [-0.2, 0) is 16.2 Å². The van der Waals surface area contributed by atoms with Crippen LogP contribution in [0.5, 0.6) is 0 Å². The molecule has 1 N–H and O–H groups in total. The number of aromatic amines is 1. The van der Waals surface area contributed by atoms with Crippen LogP contribution >= 0.6 is 0 Å². The van der Waals surface area contributed by atoms with Gasteiger partial charge in [-0.3, -0.25) is 9.55 Å². The van der Waals surface area contributed by atoms with E-state index in [0.717, 1.165) is 56.0 Å². The normalized spacial score (nSPS) is 13.3. The monoisotopic (exact) mass is 864 g/mol. The van der Waals surface area contributed by atoms with Crippen molar-refractivity contribution in [2.75, 3.05) is 0 Å². The molecule has 8 aromatic carbocycles. The lowest BCUT2D eigenvalue weighted by molar-refractivity contribution is 0.568. The molecule has 67 heavy (non-hydrogen) atoms. The minimum absolute atomic E-state index is 0.0824. The molecule has 3 heterocycles. The van der Waals surface area contributed by atoms with Gasteiger partial charge in [-0.05, 0) is 115 Å². The fourth-order valence-electron chi connectivity index (χ4n) is 10.9. The van der Waals surface area contributed by atoms with E-state index in [1.165, 1.54) is 60.8 Å². The molecule has 1 aliphatic carbocycles. The summed E-state index contributed by atoms with van der Waals surface area (Å²) in [4.78, 5) is 14.9. The topological polar surface area (TPSA) is 46.5 Å². The van der Waals surface area contributed by atoms with Crippen molar-refractivity contribution >= 4 is 32.8 Å². The van der Waals surface area contributed by atoms with Gasteiger partial charge in [-0.1, -0.05) is 187 Å². The smallest absolute Gasteiger partial charge is 0.147 e. The van der Waals surface area contributed by atoms with Gasteiger partial charge in [0.1, 0.15) is 5.82 Å². The number of aromatic nitrogens is 4. The van der Waals surface area contributed by atoms with E-state index in [1.54, 1.807) is 0 Å². The summed E-state index contributed by atoms with van der Waals surface area (Å²) < 4.78 is 2.43. The van der Waals surface area contributed by atoms with Gasteiger partial charge in [-0.25, -0.2) is 4.98 Å². The first-order valence-electron chi connectivity index (χ1n) is 23.5. The van der Waals surface area contributed by atoms with Gasteiger partial charge in [0, 0.05) is 39.3 Å². The predicted octanol–water partition coefficient (Wildman–Crippen LogP) is 16.0. The molecule has 0 saturated heterocycles. The number of hydrogen-bond donors (Lipinski definition) is 1. The molecule has 0 fully saturated rings. The summed E-state index contributed by atoms with van der Waals surface area (Å²) >= 11 is 0. The first-order valence-corrected chi connectivity index (χ1v) is 23.5. The lowest BCUT2D eigenvalue weighted by Crippen LogP contribution is -2.29. The lowest BCUT2D eigenvalue weighted by atomic mass is 9.69. The molecular formula is C63H52N4. The second-order valence-electron chi connectivity index (χ2n) is 20.3. The molecule has 0 saturated carbocycles. The van der Waals surface area contributed by atoms with Crippen LogP contribution in [0.4, 0.5) is 0 Å². The number of fused-ring (bicyclic) bond motifs is 7. The fraction of sp³-hybridized carbons (Fsp3) is 0.143. The van der Waals surface area contributed by atoms with Gasteiger partial charge in [0.2, 0.25) is 0 Å². The van der Waals surface area contributed by atoms with Gasteiger partial charge in [0.25, 0.3) is 0 Å². The number of pyridine rings is 1. The molecule has 4 heteroatoms. The molecule has 0 unspecified atom stereocenters. The number of hydrogen-bond acceptors (Lipinski definition) is 2. The number of nitrogens with one attached hydrogen (secondary N) is 1.